The maximum atomic E-state index is 12.7. The van der Waals surface area contributed by atoms with Gasteiger partial charge in [-0.2, -0.15) is 0 Å². The van der Waals surface area contributed by atoms with Crippen LogP contribution in [0.4, 0.5) is 0 Å². The maximum Gasteiger partial charge on any atom is 0.254 e. The molecule has 3 aliphatic rings. The van der Waals surface area contributed by atoms with Crippen LogP contribution in [-0.4, -0.2) is 67.2 Å². The van der Waals surface area contributed by atoms with E-state index in [1.807, 2.05) is 43.0 Å². The minimum Gasteiger partial charge on any atom is -0.494 e. The molecule has 1 saturated carbocycles. The molecule has 154 valence electrons. The number of rotatable bonds is 6. The second-order valence-electron chi connectivity index (χ2n) is 8.90. The Morgan fingerprint density at radius 3 is 2.32 bits per heavy atom. The second-order valence-corrected chi connectivity index (χ2v) is 8.90. The van der Waals surface area contributed by atoms with Gasteiger partial charge in [-0.3, -0.25) is 4.79 Å². The SMILES string of the molecule is CC1CN(C(=O)c2ccc(OCCCN3CC4CCCC4C3)cc2)CC(C)O1. The maximum absolute atomic E-state index is 12.7. The van der Waals surface area contributed by atoms with Crippen LogP contribution in [0.1, 0.15) is 49.9 Å². The lowest BCUT2D eigenvalue weighted by atomic mass is 10.0. The molecule has 0 aromatic heterocycles. The molecule has 2 saturated heterocycles. The van der Waals surface area contributed by atoms with Crippen LogP contribution >= 0.6 is 0 Å². The van der Waals surface area contributed by atoms with Gasteiger partial charge in [0, 0.05) is 38.3 Å². The van der Waals surface area contributed by atoms with Crippen LogP contribution in [0, 0.1) is 11.8 Å². The lowest BCUT2D eigenvalue weighted by Gasteiger charge is -2.35. The Morgan fingerprint density at radius 1 is 1.04 bits per heavy atom. The predicted molar refractivity (Wildman–Crippen MR) is 110 cm³/mol. The summed E-state index contributed by atoms with van der Waals surface area (Å²) in [6.45, 7) is 9.79. The van der Waals surface area contributed by atoms with Gasteiger partial charge in [0.2, 0.25) is 0 Å². The van der Waals surface area contributed by atoms with Crippen LogP contribution in [0.15, 0.2) is 24.3 Å². The highest BCUT2D eigenvalue weighted by atomic mass is 16.5. The topological polar surface area (TPSA) is 42.0 Å². The average molecular weight is 387 g/mol. The smallest absolute Gasteiger partial charge is 0.254 e. The second kappa shape index (κ2) is 8.83. The molecule has 3 fully saturated rings. The summed E-state index contributed by atoms with van der Waals surface area (Å²) >= 11 is 0. The van der Waals surface area contributed by atoms with Crippen LogP contribution < -0.4 is 4.74 Å². The highest BCUT2D eigenvalue weighted by Crippen LogP contribution is 2.37. The minimum atomic E-state index is 0.0770. The third kappa shape index (κ3) is 4.69. The number of likely N-dealkylation sites (tertiary alicyclic amines) is 1. The van der Waals surface area contributed by atoms with Crippen LogP contribution in [0.25, 0.3) is 0 Å². The summed E-state index contributed by atoms with van der Waals surface area (Å²) in [5.41, 5.74) is 0.720. The lowest BCUT2D eigenvalue weighted by Crippen LogP contribution is -2.48. The van der Waals surface area contributed by atoms with Gasteiger partial charge in [0.25, 0.3) is 5.91 Å². The van der Waals surface area contributed by atoms with Crippen molar-refractivity contribution in [2.45, 2.75) is 51.7 Å². The Labute approximate surface area is 169 Å². The Kier molecular flexibility index (Phi) is 6.22. The van der Waals surface area contributed by atoms with Crippen molar-refractivity contribution >= 4 is 5.91 Å². The molecule has 0 spiro atoms. The van der Waals surface area contributed by atoms with Gasteiger partial charge in [0.15, 0.2) is 0 Å². The fourth-order valence-corrected chi connectivity index (χ4v) is 5.21. The number of hydrogen-bond donors (Lipinski definition) is 0. The standard InChI is InChI=1S/C23H34N2O3/c1-17-13-25(14-18(2)28-17)23(26)19-7-9-22(10-8-19)27-12-4-11-24-15-20-5-3-6-21(20)16-24/h7-10,17-18,20-21H,3-6,11-16H2,1-2H3. The molecule has 4 atom stereocenters. The molecule has 0 N–H and O–H groups in total. The fourth-order valence-electron chi connectivity index (χ4n) is 5.21. The molecule has 1 amide bonds. The van der Waals surface area contributed by atoms with Gasteiger partial charge in [-0.25, -0.2) is 0 Å². The third-order valence-electron chi connectivity index (χ3n) is 6.50. The van der Waals surface area contributed by atoms with E-state index in [-0.39, 0.29) is 18.1 Å². The van der Waals surface area contributed by atoms with Crippen LogP contribution in [0.3, 0.4) is 0 Å². The van der Waals surface area contributed by atoms with Gasteiger partial charge in [-0.1, -0.05) is 6.42 Å². The molecule has 4 rings (SSSR count). The monoisotopic (exact) mass is 386 g/mol. The van der Waals surface area contributed by atoms with Crippen molar-refractivity contribution in [3.8, 4) is 5.75 Å². The first kappa shape index (κ1) is 19.7. The van der Waals surface area contributed by atoms with E-state index >= 15 is 0 Å². The quantitative estimate of drug-likeness (QED) is 0.703. The number of carbonyl (C=O) groups excluding carboxylic acids is 1. The van der Waals surface area contributed by atoms with Crippen LogP contribution in [0.5, 0.6) is 5.75 Å². The number of morpholine rings is 1. The van der Waals surface area contributed by atoms with E-state index in [0.29, 0.717) is 13.1 Å². The van der Waals surface area contributed by atoms with Gasteiger partial charge in [-0.15, -0.1) is 0 Å². The minimum absolute atomic E-state index is 0.0770. The molecule has 2 heterocycles. The van der Waals surface area contributed by atoms with Crippen molar-refractivity contribution in [2.75, 3.05) is 39.3 Å². The van der Waals surface area contributed by atoms with E-state index in [1.165, 1.54) is 32.4 Å². The van der Waals surface area contributed by atoms with Gasteiger partial charge >= 0.3 is 0 Å². The van der Waals surface area contributed by atoms with Gasteiger partial charge < -0.3 is 19.3 Å². The third-order valence-corrected chi connectivity index (χ3v) is 6.50. The largest absolute Gasteiger partial charge is 0.494 e. The number of hydrogen-bond acceptors (Lipinski definition) is 4. The summed E-state index contributed by atoms with van der Waals surface area (Å²) in [4.78, 5) is 17.2. The highest BCUT2D eigenvalue weighted by molar-refractivity contribution is 5.94. The Bertz CT molecular complexity index is 640. The normalized spacial score (nSPS) is 30.4. The molecule has 1 aromatic rings. The molecular weight excluding hydrogens is 352 g/mol. The Morgan fingerprint density at radius 2 is 1.68 bits per heavy atom. The van der Waals surface area contributed by atoms with Gasteiger partial charge in [0.05, 0.1) is 18.8 Å². The first-order chi connectivity index (χ1) is 13.6. The number of fused-ring (bicyclic) bond motifs is 1. The first-order valence-electron chi connectivity index (χ1n) is 11.0. The number of amides is 1. The number of carbonyl (C=O) groups is 1. The summed E-state index contributed by atoms with van der Waals surface area (Å²) in [5.74, 6) is 2.85. The molecule has 2 aliphatic heterocycles. The molecular formula is C23H34N2O3. The number of nitrogens with zero attached hydrogens (tertiary/aromatic N) is 2. The van der Waals surface area contributed by atoms with Gasteiger partial charge in [0.1, 0.15) is 5.75 Å². The zero-order chi connectivity index (χ0) is 19.5. The van der Waals surface area contributed by atoms with Crippen LogP contribution in [0.2, 0.25) is 0 Å². The molecule has 1 aliphatic carbocycles. The first-order valence-corrected chi connectivity index (χ1v) is 11.0. The Hall–Kier alpha value is -1.59. The summed E-state index contributed by atoms with van der Waals surface area (Å²) in [6.07, 6.45) is 5.55. The summed E-state index contributed by atoms with van der Waals surface area (Å²) in [7, 11) is 0. The zero-order valence-corrected chi connectivity index (χ0v) is 17.3. The summed E-state index contributed by atoms with van der Waals surface area (Å²) in [6, 6.07) is 7.59. The number of benzene rings is 1. The molecule has 5 nitrogen and oxygen atoms in total. The number of ether oxygens (including phenoxy) is 2. The Balaban J connectivity index is 1.20. The predicted octanol–water partition coefficient (Wildman–Crippen LogP) is 3.44. The zero-order valence-electron chi connectivity index (χ0n) is 17.3. The molecule has 0 radical (unpaired) electrons. The van der Waals surface area contributed by atoms with E-state index in [1.54, 1.807) is 0 Å². The van der Waals surface area contributed by atoms with Crippen molar-refractivity contribution in [1.29, 1.82) is 0 Å². The van der Waals surface area contributed by atoms with Gasteiger partial charge in [-0.05, 0) is 69.2 Å². The van der Waals surface area contributed by atoms with E-state index in [9.17, 15) is 4.79 Å². The van der Waals surface area contributed by atoms with Crippen molar-refractivity contribution in [3.63, 3.8) is 0 Å². The summed E-state index contributed by atoms with van der Waals surface area (Å²) < 4.78 is 11.6. The summed E-state index contributed by atoms with van der Waals surface area (Å²) in [5, 5.41) is 0. The molecule has 4 unspecified atom stereocenters. The van der Waals surface area contributed by atoms with E-state index in [0.717, 1.165) is 42.7 Å². The molecule has 28 heavy (non-hydrogen) atoms. The van der Waals surface area contributed by atoms with Crippen LogP contribution in [-0.2, 0) is 4.74 Å². The fraction of sp³-hybridized carbons (Fsp3) is 0.696. The molecule has 5 heteroatoms. The van der Waals surface area contributed by atoms with E-state index < -0.39 is 0 Å². The average Bonchev–Trinajstić information content (AvgIpc) is 3.26. The van der Waals surface area contributed by atoms with Crippen molar-refractivity contribution in [3.05, 3.63) is 29.8 Å². The molecule has 0 bridgehead atoms. The molecule has 1 aromatic carbocycles. The van der Waals surface area contributed by atoms with Crippen molar-refractivity contribution < 1.29 is 14.3 Å². The lowest BCUT2D eigenvalue weighted by molar-refractivity contribution is -0.0586. The highest BCUT2D eigenvalue weighted by Gasteiger charge is 2.35. The van der Waals surface area contributed by atoms with Crippen molar-refractivity contribution in [1.82, 2.24) is 9.80 Å². The van der Waals surface area contributed by atoms with Crippen molar-refractivity contribution in [2.24, 2.45) is 11.8 Å². The van der Waals surface area contributed by atoms with E-state index in [4.69, 9.17) is 9.47 Å². The van der Waals surface area contributed by atoms with E-state index in [2.05, 4.69) is 4.90 Å².